The number of nitrogens with zero attached hydrogens (tertiary/aromatic N) is 4. The summed E-state index contributed by atoms with van der Waals surface area (Å²) >= 11 is 0. The van der Waals surface area contributed by atoms with Crippen LogP contribution in [-0.4, -0.2) is 24.8 Å². The number of para-hydroxylation sites is 1. The molecule has 80 valence electrons. The third-order valence-electron chi connectivity index (χ3n) is 2.45. The number of benzene rings is 1. The summed E-state index contributed by atoms with van der Waals surface area (Å²) in [5.74, 6) is 2.02. The second-order valence-corrected chi connectivity index (χ2v) is 3.54. The van der Waals surface area contributed by atoms with Gasteiger partial charge in [0.2, 0.25) is 0 Å². The van der Waals surface area contributed by atoms with Gasteiger partial charge in [0.1, 0.15) is 0 Å². The summed E-state index contributed by atoms with van der Waals surface area (Å²) in [6.45, 7) is 1.86. The molecule has 0 saturated heterocycles. The first-order valence-corrected chi connectivity index (χ1v) is 4.88. The fraction of sp³-hybridized carbons (Fsp3) is 0.100. The van der Waals surface area contributed by atoms with Crippen LogP contribution >= 0.6 is 0 Å². The molecule has 0 radical (unpaired) electrons. The zero-order chi connectivity index (χ0) is 11.1. The van der Waals surface area contributed by atoms with Gasteiger partial charge >= 0.3 is 0 Å². The standard InChI is InChI=1S/C10H10N6/c1-6-13-14-10-12-9(15-16(6)10)7-4-2-3-5-8(7)11/h2-5H,11H2,1H3,(H,12,14,15). The lowest BCUT2D eigenvalue weighted by Crippen LogP contribution is -1.92. The van der Waals surface area contributed by atoms with Crippen molar-refractivity contribution in [1.29, 1.82) is 0 Å². The molecule has 0 aliphatic rings. The second-order valence-electron chi connectivity index (χ2n) is 3.54. The molecule has 0 aliphatic carbocycles. The Balaban J connectivity index is 2.23. The van der Waals surface area contributed by atoms with E-state index in [1.807, 2.05) is 31.2 Å². The molecule has 2 aromatic heterocycles. The van der Waals surface area contributed by atoms with Crippen molar-refractivity contribution in [2.75, 3.05) is 5.73 Å². The monoisotopic (exact) mass is 214 g/mol. The molecule has 1 aromatic carbocycles. The predicted octanol–water partition coefficient (Wildman–Crippen LogP) is 1.01. The number of hydrogen-bond acceptors (Lipinski definition) is 4. The molecule has 3 N–H and O–H groups in total. The Morgan fingerprint density at radius 3 is 2.81 bits per heavy atom. The quantitative estimate of drug-likeness (QED) is 0.592. The highest BCUT2D eigenvalue weighted by Crippen LogP contribution is 2.22. The molecule has 0 aliphatic heterocycles. The first-order chi connectivity index (χ1) is 7.75. The van der Waals surface area contributed by atoms with Gasteiger partial charge in [0, 0.05) is 11.3 Å². The van der Waals surface area contributed by atoms with Gasteiger partial charge in [-0.05, 0) is 19.1 Å². The van der Waals surface area contributed by atoms with E-state index in [1.54, 1.807) is 4.52 Å². The average molecular weight is 214 g/mol. The minimum absolute atomic E-state index is 0.552. The van der Waals surface area contributed by atoms with Crippen LogP contribution in [-0.2, 0) is 0 Å². The van der Waals surface area contributed by atoms with Crippen molar-refractivity contribution < 1.29 is 0 Å². The average Bonchev–Trinajstić information content (AvgIpc) is 2.82. The number of rotatable bonds is 1. The Hall–Kier alpha value is -2.37. The van der Waals surface area contributed by atoms with E-state index >= 15 is 0 Å². The van der Waals surface area contributed by atoms with Gasteiger partial charge in [0.05, 0.1) is 0 Å². The van der Waals surface area contributed by atoms with Gasteiger partial charge in [-0.25, -0.2) is 4.52 Å². The van der Waals surface area contributed by atoms with Crippen LogP contribution in [0.15, 0.2) is 24.3 Å². The van der Waals surface area contributed by atoms with Gasteiger partial charge in [-0.1, -0.05) is 12.1 Å². The number of anilines is 1. The normalized spacial score (nSPS) is 11.1. The number of aryl methyl sites for hydroxylation is 1. The summed E-state index contributed by atoms with van der Waals surface area (Å²) in [6.07, 6.45) is 0. The van der Waals surface area contributed by atoms with Crippen LogP contribution in [0.3, 0.4) is 0 Å². The molecule has 0 unspecified atom stereocenters. The van der Waals surface area contributed by atoms with Crippen LogP contribution in [0.25, 0.3) is 17.2 Å². The number of aromatic nitrogens is 5. The maximum absolute atomic E-state index is 5.88. The minimum atomic E-state index is 0.552. The highest BCUT2D eigenvalue weighted by Gasteiger charge is 2.10. The molecule has 3 aromatic rings. The highest BCUT2D eigenvalue weighted by molar-refractivity contribution is 5.71. The van der Waals surface area contributed by atoms with E-state index in [1.165, 1.54) is 0 Å². The first-order valence-electron chi connectivity index (χ1n) is 4.88. The van der Waals surface area contributed by atoms with Crippen molar-refractivity contribution >= 4 is 11.5 Å². The molecule has 0 bridgehead atoms. The Labute approximate surface area is 91.1 Å². The van der Waals surface area contributed by atoms with Gasteiger partial charge in [0.15, 0.2) is 11.6 Å². The lowest BCUT2D eigenvalue weighted by molar-refractivity contribution is 0.897. The molecular weight excluding hydrogens is 204 g/mol. The number of nitrogens with one attached hydrogen (secondary N) is 1. The third-order valence-corrected chi connectivity index (χ3v) is 2.45. The van der Waals surface area contributed by atoms with Gasteiger partial charge in [-0.3, -0.25) is 5.10 Å². The van der Waals surface area contributed by atoms with Crippen molar-refractivity contribution in [2.24, 2.45) is 0 Å². The number of nitrogens with two attached hydrogens (primary N) is 1. The molecule has 16 heavy (non-hydrogen) atoms. The molecule has 6 heteroatoms. The molecule has 0 spiro atoms. The molecule has 0 fully saturated rings. The zero-order valence-electron chi connectivity index (χ0n) is 8.68. The van der Waals surface area contributed by atoms with Gasteiger partial charge in [-0.15, -0.1) is 10.2 Å². The summed E-state index contributed by atoms with van der Waals surface area (Å²) < 4.78 is 1.72. The van der Waals surface area contributed by atoms with Crippen molar-refractivity contribution in [1.82, 2.24) is 24.8 Å². The predicted molar refractivity (Wildman–Crippen MR) is 59.7 cm³/mol. The van der Waals surface area contributed by atoms with Gasteiger partial charge in [-0.2, -0.15) is 4.98 Å². The van der Waals surface area contributed by atoms with Crippen LogP contribution in [0, 0.1) is 6.92 Å². The highest BCUT2D eigenvalue weighted by atomic mass is 15.4. The fourth-order valence-corrected chi connectivity index (χ4v) is 1.62. The topological polar surface area (TPSA) is 84.9 Å². The van der Waals surface area contributed by atoms with Crippen LogP contribution in [0.5, 0.6) is 0 Å². The SMILES string of the molecule is Cc1nnc2nc(-c3ccccc3N)[nH]n12. The van der Waals surface area contributed by atoms with Crippen molar-refractivity contribution in [3.8, 4) is 11.4 Å². The number of aromatic amines is 1. The van der Waals surface area contributed by atoms with E-state index in [2.05, 4.69) is 20.3 Å². The van der Waals surface area contributed by atoms with Crippen LogP contribution in [0.1, 0.15) is 5.82 Å². The van der Waals surface area contributed by atoms with Crippen molar-refractivity contribution in [2.45, 2.75) is 6.92 Å². The Morgan fingerprint density at radius 2 is 2.06 bits per heavy atom. The molecule has 0 amide bonds. The van der Waals surface area contributed by atoms with Gasteiger partial charge < -0.3 is 5.73 Å². The fourth-order valence-electron chi connectivity index (χ4n) is 1.62. The number of fused-ring (bicyclic) bond motifs is 1. The zero-order valence-corrected chi connectivity index (χ0v) is 8.68. The number of nitrogen functional groups attached to an aromatic ring is 1. The van der Waals surface area contributed by atoms with E-state index in [-0.39, 0.29) is 0 Å². The third kappa shape index (κ3) is 1.16. The molecule has 2 heterocycles. The van der Waals surface area contributed by atoms with E-state index in [0.29, 0.717) is 17.3 Å². The first kappa shape index (κ1) is 8.90. The Bertz CT molecular complexity index is 650. The minimum Gasteiger partial charge on any atom is -0.398 e. The largest absolute Gasteiger partial charge is 0.398 e. The molecule has 0 atom stereocenters. The maximum atomic E-state index is 5.88. The Kier molecular flexibility index (Phi) is 1.70. The summed E-state index contributed by atoms with van der Waals surface area (Å²) in [4.78, 5) is 4.32. The molecule has 6 nitrogen and oxygen atoms in total. The molecule has 3 rings (SSSR count). The molecular formula is C10H10N6. The van der Waals surface area contributed by atoms with E-state index in [4.69, 9.17) is 5.73 Å². The smallest absolute Gasteiger partial charge is 0.272 e. The lowest BCUT2D eigenvalue weighted by Gasteiger charge is -1.99. The van der Waals surface area contributed by atoms with Crippen LogP contribution in [0.2, 0.25) is 0 Å². The lowest BCUT2D eigenvalue weighted by atomic mass is 10.2. The summed E-state index contributed by atoms with van der Waals surface area (Å²) in [5, 5.41) is 10.9. The Morgan fingerprint density at radius 1 is 1.25 bits per heavy atom. The van der Waals surface area contributed by atoms with E-state index in [9.17, 15) is 0 Å². The van der Waals surface area contributed by atoms with E-state index < -0.39 is 0 Å². The van der Waals surface area contributed by atoms with Crippen LogP contribution < -0.4 is 5.73 Å². The van der Waals surface area contributed by atoms with E-state index in [0.717, 1.165) is 11.4 Å². The number of H-pyrrole nitrogens is 1. The maximum Gasteiger partial charge on any atom is 0.272 e. The summed E-state index contributed by atoms with van der Waals surface area (Å²) in [6, 6.07) is 7.56. The summed E-state index contributed by atoms with van der Waals surface area (Å²) in [5.41, 5.74) is 7.43. The molecule has 0 saturated carbocycles. The van der Waals surface area contributed by atoms with Gasteiger partial charge in [0.25, 0.3) is 5.78 Å². The van der Waals surface area contributed by atoms with Crippen LogP contribution in [0.4, 0.5) is 5.69 Å². The summed E-state index contributed by atoms with van der Waals surface area (Å²) in [7, 11) is 0. The van der Waals surface area contributed by atoms with Crippen molar-refractivity contribution in [3.63, 3.8) is 0 Å². The van der Waals surface area contributed by atoms with Crippen molar-refractivity contribution in [3.05, 3.63) is 30.1 Å². The second kappa shape index (κ2) is 3.06. The number of hydrogen-bond donors (Lipinski definition) is 2.